The predicted molar refractivity (Wildman–Crippen MR) is 153 cm³/mol. The van der Waals surface area contributed by atoms with E-state index in [4.69, 9.17) is 9.72 Å². The SMILES string of the molecule is CC(C)Oc1c(NC(Cc2ccc(Nc3nc(-c4ccccc4)cc4ccccc34)cc2)C(=O)O)c(=O)c1=O. The molecule has 0 bridgehead atoms. The lowest BCUT2D eigenvalue weighted by atomic mass is 10.0. The first-order valence-corrected chi connectivity index (χ1v) is 12.6. The number of carboxylic acids is 1. The molecule has 8 nitrogen and oxygen atoms in total. The monoisotopic (exact) mass is 521 g/mol. The lowest BCUT2D eigenvalue weighted by Gasteiger charge is -2.20. The Balaban J connectivity index is 1.36. The third-order valence-corrected chi connectivity index (χ3v) is 6.30. The molecule has 1 aromatic heterocycles. The van der Waals surface area contributed by atoms with Crippen LogP contribution in [-0.4, -0.2) is 28.2 Å². The quantitative estimate of drug-likeness (QED) is 0.216. The fraction of sp³-hybridized carbons (Fsp3) is 0.161. The number of aromatic nitrogens is 1. The Kier molecular flexibility index (Phi) is 7.10. The maximum atomic E-state index is 12.0. The molecule has 8 heteroatoms. The molecule has 0 aliphatic heterocycles. The van der Waals surface area contributed by atoms with Crippen LogP contribution in [0.15, 0.2) is 94.5 Å². The van der Waals surface area contributed by atoms with Crippen LogP contribution in [-0.2, 0) is 11.2 Å². The molecule has 196 valence electrons. The molecule has 0 spiro atoms. The Bertz CT molecular complexity index is 1710. The number of carbonyl (C=O) groups is 1. The summed E-state index contributed by atoms with van der Waals surface area (Å²) in [4.78, 5) is 40.7. The minimum Gasteiger partial charge on any atom is -0.485 e. The number of pyridine rings is 1. The van der Waals surface area contributed by atoms with Crippen molar-refractivity contribution in [2.45, 2.75) is 32.4 Å². The van der Waals surface area contributed by atoms with Crippen LogP contribution in [0.5, 0.6) is 5.75 Å². The number of fused-ring (bicyclic) bond motifs is 1. The highest BCUT2D eigenvalue weighted by Gasteiger charge is 2.28. The van der Waals surface area contributed by atoms with E-state index in [9.17, 15) is 19.5 Å². The molecule has 3 N–H and O–H groups in total. The third-order valence-electron chi connectivity index (χ3n) is 6.30. The van der Waals surface area contributed by atoms with Gasteiger partial charge in [0, 0.05) is 23.1 Å². The highest BCUT2D eigenvalue weighted by atomic mass is 16.5. The Labute approximate surface area is 224 Å². The van der Waals surface area contributed by atoms with Crippen molar-refractivity contribution in [1.29, 1.82) is 0 Å². The first kappa shape index (κ1) is 25.7. The number of ether oxygens (including phenoxy) is 1. The van der Waals surface area contributed by atoms with Gasteiger partial charge in [-0.15, -0.1) is 0 Å². The Hall–Kier alpha value is -4.98. The summed E-state index contributed by atoms with van der Waals surface area (Å²) >= 11 is 0. The second kappa shape index (κ2) is 10.8. The summed E-state index contributed by atoms with van der Waals surface area (Å²) in [7, 11) is 0. The summed E-state index contributed by atoms with van der Waals surface area (Å²) in [6, 6.07) is 26.2. The molecule has 0 saturated carbocycles. The van der Waals surface area contributed by atoms with Gasteiger partial charge in [-0.25, -0.2) is 9.78 Å². The zero-order chi connectivity index (χ0) is 27.5. The lowest BCUT2D eigenvalue weighted by molar-refractivity contribution is -0.137. The van der Waals surface area contributed by atoms with Gasteiger partial charge in [0.15, 0.2) is 5.75 Å². The maximum absolute atomic E-state index is 12.0. The van der Waals surface area contributed by atoms with Crippen LogP contribution < -0.4 is 26.2 Å². The van der Waals surface area contributed by atoms with Crippen molar-refractivity contribution in [3.05, 3.63) is 111 Å². The van der Waals surface area contributed by atoms with E-state index in [2.05, 4.69) is 16.7 Å². The fourth-order valence-electron chi connectivity index (χ4n) is 4.37. The van der Waals surface area contributed by atoms with Crippen LogP contribution in [0.4, 0.5) is 17.2 Å². The van der Waals surface area contributed by atoms with Gasteiger partial charge in [0.05, 0.1) is 11.8 Å². The Morgan fingerprint density at radius 3 is 2.31 bits per heavy atom. The summed E-state index contributed by atoms with van der Waals surface area (Å²) in [6.45, 7) is 3.45. The Morgan fingerprint density at radius 1 is 0.923 bits per heavy atom. The van der Waals surface area contributed by atoms with Crippen LogP contribution in [0.25, 0.3) is 22.0 Å². The zero-order valence-corrected chi connectivity index (χ0v) is 21.5. The number of rotatable bonds is 10. The second-order valence-electron chi connectivity index (χ2n) is 9.53. The zero-order valence-electron chi connectivity index (χ0n) is 21.5. The van der Waals surface area contributed by atoms with Crippen LogP contribution in [0.2, 0.25) is 0 Å². The smallest absolute Gasteiger partial charge is 0.326 e. The number of carboxylic acid groups (broad SMARTS) is 1. The standard InChI is InChI=1S/C31H27N3O5/c1-18(2)39-29-26(27(35)28(29)36)33-25(31(37)38)16-19-12-14-22(15-13-19)32-30-23-11-7-6-10-21(23)17-24(34-30)20-8-4-3-5-9-20/h3-15,17-18,25,33H,16H2,1-2H3,(H,32,34)(H,37,38). The van der Waals surface area contributed by atoms with Gasteiger partial charge in [-0.3, -0.25) is 9.59 Å². The van der Waals surface area contributed by atoms with Crippen molar-refractivity contribution in [2.75, 3.05) is 10.6 Å². The van der Waals surface area contributed by atoms with E-state index in [0.29, 0.717) is 5.82 Å². The van der Waals surface area contributed by atoms with E-state index >= 15 is 0 Å². The first-order valence-electron chi connectivity index (χ1n) is 12.6. The van der Waals surface area contributed by atoms with E-state index in [1.807, 2.05) is 78.9 Å². The van der Waals surface area contributed by atoms with Crippen LogP contribution in [0.1, 0.15) is 19.4 Å². The topological polar surface area (TPSA) is 118 Å². The molecule has 0 saturated heterocycles. The van der Waals surface area contributed by atoms with E-state index in [0.717, 1.165) is 33.3 Å². The third kappa shape index (κ3) is 5.50. The molecule has 0 amide bonds. The molecule has 5 aromatic rings. The summed E-state index contributed by atoms with van der Waals surface area (Å²) < 4.78 is 5.39. The molecule has 0 radical (unpaired) electrons. The summed E-state index contributed by atoms with van der Waals surface area (Å²) in [5, 5.41) is 17.9. The number of benzene rings is 3. The number of nitrogens with one attached hydrogen (secondary N) is 2. The number of anilines is 3. The molecule has 0 fully saturated rings. The number of hydrogen-bond acceptors (Lipinski definition) is 7. The predicted octanol–water partition coefficient (Wildman–Crippen LogP) is 5.14. The normalized spacial score (nSPS) is 12.0. The number of hydrogen-bond donors (Lipinski definition) is 3. The minimum atomic E-state index is -1.14. The van der Waals surface area contributed by atoms with Gasteiger partial charge >= 0.3 is 5.97 Å². The van der Waals surface area contributed by atoms with Crippen molar-refractivity contribution in [2.24, 2.45) is 0 Å². The molecule has 39 heavy (non-hydrogen) atoms. The van der Waals surface area contributed by atoms with Gasteiger partial charge in [-0.1, -0.05) is 66.7 Å². The fourth-order valence-corrected chi connectivity index (χ4v) is 4.37. The van der Waals surface area contributed by atoms with Crippen LogP contribution in [0.3, 0.4) is 0 Å². The van der Waals surface area contributed by atoms with E-state index < -0.39 is 22.9 Å². The van der Waals surface area contributed by atoms with Gasteiger partial charge in [-0.05, 0) is 43.0 Å². The summed E-state index contributed by atoms with van der Waals surface area (Å²) in [5.41, 5.74) is 1.78. The molecule has 4 aromatic carbocycles. The highest BCUT2D eigenvalue weighted by molar-refractivity contribution is 5.95. The van der Waals surface area contributed by atoms with Gasteiger partial charge < -0.3 is 20.5 Å². The molecular formula is C31H27N3O5. The molecule has 0 aliphatic carbocycles. The van der Waals surface area contributed by atoms with Crippen molar-refractivity contribution in [3.8, 4) is 17.0 Å². The summed E-state index contributed by atoms with van der Waals surface area (Å²) in [5.74, 6) is -0.546. The van der Waals surface area contributed by atoms with Gasteiger partial charge in [0.2, 0.25) is 0 Å². The molecule has 5 rings (SSSR count). The molecular weight excluding hydrogens is 494 g/mol. The van der Waals surface area contributed by atoms with Crippen molar-refractivity contribution < 1.29 is 14.6 Å². The summed E-state index contributed by atoms with van der Waals surface area (Å²) in [6.07, 6.45) is -0.225. The first-order chi connectivity index (χ1) is 18.8. The average Bonchev–Trinajstić information content (AvgIpc) is 2.95. The van der Waals surface area contributed by atoms with E-state index in [-0.39, 0.29) is 24.0 Å². The van der Waals surface area contributed by atoms with E-state index in [1.54, 1.807) is 13.8 Å². The van der Waals surface area contributed by atoms with Crippen molar-refractivity contribution in [1.82, 2.24) is 4.98 Å². The number of nitrogens with zero attached hydrogens (tertiary/aromatic N) is 1. The molecule has 1 unspecified atom stereocenters. The molecule has 1 atom stereocenters. The minimum absolute atomic E-state index is 0.0874. The lowest BCUT2D eigenvalue weighted by Crippen LogP contribution is -2.42. The molecule has 0 aliphatic rings. The van der Waals surface area contributed by atoms with Crippen molar-refractivity contribution in [3.63, 3.8) is 0 Å². The van der Waals surface area contributed by atoms with Crippen LogP contribution in [0, 0.1) is 0 Å². The second-order valence-corrected chi connectivity index (χ2v) is 9.53. The highest BCUT2D eigenvalue weighted by Crippen LogP contribution is 2.30. The van der Waals surface area contributed by atoms with Gasteiger partial charge in [0.25, 0.3) is 10.9 Å². The average molecular weight is 522 g/mol. The van der Waals surface area contributed by atoms with Crippen LogP contribution >= 0.6 is 0 Å². The largest absolute Gasteiger partial charge is 0.485 e. The van der Waals surface area contributed by atoms with Gasteiger partial charge in [0.1, 0.15) is 17.5 Å². The van der Waals surface area contributed by atoms with Gasteiger partial charge in [-0.2, -0.15) is 0 Å². The maximum Gasteiger partial charge on any atom is 0.326 e. The molecule has 1 heterocycles. The van der Waals surface area contributed by atoms with Crippen molar-refractivity contribution >= 4 is 33.9 Å². The Morgan fingerprint density at radius 2 is 1.62 bits per heavy atom. The number of aliphatic carboxylic acids is 1. The van der Waals surface area contributed by atoms with E-state index in [1.165, 1.54) is 0 Å².